The summed E-state index contributed by atoms with van der Waals surface area (Å²) in [7, 11) is 0. The number of aromatic nitrogens is 1. The van der Waals surface area contributed by atoms with E-state index in [-0.39, 0.29) is 35.6 Å². The van der Waals surface area contributed by atoms with E-state index in [1.54, 1.807) is 27.0 Å². The molecule has 1 aliphatic carbocycles. The van der Waals surface area contributed by atoms with Gasteiger partial charge in [0.1, 0.15) is 11.6 Å². The number of carbonyl (C=O) groups excluding carboxylic acids is 3. The summed E-state index contributed by atoms with van der Waals surface area (Å²) in [6, 6.07) is -1.47. The first-order valence-electron chi connectivity index (χ1n) is 15.4. The molecule has 0 aromatic carbocycles. The number of thiazole rings is 1. The Balaban J connectivity index is 1.54. The van der Waals surface area contributed by atoms with Crippen LogP contribution in [0.1, 0.15) is 91.0 Å². The Bertz CT molecular complexity index is 1130. The lowest BCUT2D eigenvalue weighted by atomic mass is 9.79. The smallest absolute Gasteiger partial charge is 0.408 e. The summed E-state index contributed by atoms with van der Waals surface area (Å²) >= 11 is 1.16. The second-order valence-corrected chi connectivity index (χ2v) is 14.6. The van der Waals surface area contributed by atoms with Crippen molar-refractivity contribution in [3.8, 4) is 0 Å². The maximum Gasteiger partial charge on any atom is 0.408 e. The lowest BCUT2D eigenvalue weighted by Gasteiger charge is -2.42. The minimum Gasteiger partial charge on any atom is -0.444 e. The number of nitrogens with one attached hydrogen (secondary N) is 2. The third-order valence-corrected chi connectivity index (χ3v) is 9.31. The number of carbonyl (C=O) groups is 3. The Morgan fingerprint density at radius 1 is 1.16 bits per heavy atom. The molecule has 3 amide bonds. The summed E-state index contributed by atoms with van der Waals surface area (Å²) in [6.45, 7) is 12.3. The highest BCUT2D eigenvalue weighted by atomic mass is 32.1. The highest BCUT2D eigenvalue weighted by Gasteiger charge is 2.43. The Morgan fingerprint density at radius 3 is 2.44 bits per heavy atom. The van der Waals surface area contributed by atoms with Crippen LogP contribution >= 0.6 is 11.3 Å². The number of alkyl carbamates (subject to hydrolysis) is 1. The first-order chi connectivity index (χ1) is 20.1. The van der Waals surface area contributed by atoms with Crippen molar-refractivity contribution in [1.82, 2.24) is 20.1 Å². The first-order valence-corrected chi connectivity index (χ1v) is 16.2. The number of morpholine rings is 1. The van der Waals surface area contributed by atoms with Crippen molar-refractivity contribution in [3.63, 3.8) is 0 Å². The number of piperidine rings is 1. The van der Waals surface area contributed by atoms with Crippen LogP contribution in [0.15, 0.2) is 6.20 Å². The zero-order valence-electron chi connectivity index (χ0n) is 26.2. The zero-order chi connectivity index (χ0) is 31.5. The second kappa shape index (κ2) is 13.7. The molecule has 0 radical (unpaired) electrons. The molecular formula is C30H47F2N5O5S. The van der Waals surface area contributed by atoms with Gasteiger partial charge in [-0.25, -0.2) is 18.6 Å². The van der Waals surface area contributed by atoms with Crippen LogP contribution in [0, 0.1) is 11.8 Å². The van der Waals surface area contributed by atoms with Gasteiger partial charge in [-0.05, 0) is 59.3 Å². The molecule has 2 saturated heterocycles. The van der Waals surface area contributed by atoms with Crippen molar-refractivity contribution >= 4 is 34.4 Å². The monoisotopic (exact) mass is 627 g/mol. The maximum absolute atomic E-state index is 14.5. The summed E-state index contributed by atoms with van der Waals surface area (Å²) in [5.41, 5.74) is -0.718. The van der Waals surface area contributed by atoms with Crippen molar-refractivity contribution in [3.05, 3.63) is 11.1 Å². The van der Waals surface area contributed by atoms with Crippen LogP contribution in [0.4, 0.5) is 18.7 Å². The molecule has 1 unspecified atom stereocenters. The van der Waals surface area contributed by atoms with E-state index in [9.17, 15) is 23.2 Å². The number of amides is 3. The molecule has 1 aromatic heterocycles. The van der Waals surface area contributed by atoms with Crippen LogP contribution in [-0.4, -0.2) is 88.6 Å². The van der Waals surface area contributed by atoms with Crippen molar-refractivity contribution < 1.29 is 32.6 Å². The van der Waals surface area contributed by atoms with Gasteiger partial charge in [0.25, 0.3) is 5.92 Å². The number of hydrogen-bond acceptors (Lipinski definition) is 8. The molecule has 1 aromatic rings. The highest BCUT2D eigenvalue weighted by Crippen LogP contribution is 2.37. The Hall–Kier alpha value is -2.38. The van der Waals surface area contributed by atoms with Gasteiger partial charge in [-0.2, -0.15) is 0 Å². The molecule has 0 bridgehead atoms. The van der Waals surface area contributed by atoms with E-state index < -0.39 is 48.6 Å². The first kappa shape index (κ1) is 33.5. The second-order valence-electron chi connectivity index (χ2n) is 13.6. The molecule has 3 heterocycles. The largest absolute Gasteiger partial charge is 0.444 e. The van der Waals surface area contributed by atoms with E-state index in [1.807, 2.05) is 13.8 Å². The van der Waals surface area contributed by atoms with E-state index in [0.717, 1.165) is 37.0 Å². The number of rotatable bonds is 8. The van der Waals surface area contributed by atoms with Gasteiger partial charge in [0.15, 0.2) is 5.13 Å². The van der Waals surface area contributed by atoms with E-state index in [0.29, 0.717) is 30.4 Å². The van der Waals surface area contributed by atoms with E-state index in [2.05, 4.69) is 27.4 Å². The van der Waals surface area contributed by atoms with Gasteiger partial charge in [-0.3, -0.25) is 14.5 Å². The van der Waals surface area contributed by atoms with Gasteiger partial charge in [0.2, 0.25) is 11.8 Å². The van der Waals surface area contributed by atoms with E-state index in [1.165, 1.54) is 4.90 Å². The van der Waals surface area contributed by atoms with Crippen LogP contribution in [-0.2, 0) is 19.1 Å². The number of anilines is 1. The lowest BCUT2D eigenvalue weighted by molar-refractivity contribution is -0.153. The Labute approximate surface area is 257 Å². The van der Waals surface area contributed by atoms with Gasteiger partial charge < -0.3 is 25.0 Å². The van der Waals surface area contributed by atoms with Crippen LogP contribution in [0.25, 0.3) is 0 Å². The molecule has 4 atom stereocenters. The van der Waals surface area contributed by atoms with Crippen molar-refractivity contribution in [2.24, 2.45) is 11.8 Å². The fourth-order valence-electron chi connectivity index (χ4n) is 6.29. The number of hydrogen-bond donors (Lipinski definition) is 2. The average molecular weight is 628 g/mol. The predicted octanol–water partition coefficient (Wildman–Crippen LogP) is 5.21. The third kappa shape index (κ3) is 9.55. The molecule has 3 fully saturated rings. The number of halogens is 2. The topological polar surface area (TPSA) is 113 Å². The number of likely N-dealkylation sites (tertiary alicyclic amines) is 1. The van der Waals surface area contributed by atoms with Gasteiger partial charge in [-0.15, -0.1) is 0 Å². The molecule has 3 aliphatic rings. The molecule has 2 aliphatic heterocycles. The normalized spacial score (nSPS) is 28.2. The standard InChI is InChI=1S/C30H47F2N5O5S/c1-18-7-9-21(10-8-18)25(34-28(40)42-29(4,5)6)26(39)35-27-33-13-23(43-27)22(16-36-14-19(2)41-20(3)15-36)37-17-30(31,32)12-11-24(37)38/h13,18-22,25H,7-12,14-17H2,1-6H3,(H,34,40)(H,33,35,39)/t18?,19-,20-,21?,22?,25-/m0/s1. The molecule has 0 spiro atoms. The molecule has 43 heavy (non-hydrogen) atoms. The van der Waals surface area contributed by atoms with E-state index >= 15 is 0 Å². The van der Waals surface area contributed by atoms with Crippen LogP contribution in [0.5, 0.6) is 0 Å². The minimum atomic E-state index is -2.97. The molecule has 13 heteroatoms. The fourth-order valence-corrected chi connectivity index (χ4v) is 7.21. The number of alkyl halides is 2. The van der Waals surface area contributed by atoms with Crippen molar-refractivity contribution in [1.29, 1.82) is 0 Å². The summed E-state index contributed by atoms with van der Waals surface area (Å²) < 4.78 is 40.4. The third-order valence-electron chi connectivity index (χ3n) is 8.30. The predicted molar refractivity (Wildman–Crippen MR) is 160 cm³/mol. The van der Waals surface area contributed by atoms with Gasteiger partial charge in [0.05, 0.1) is 29.7 Å². The highest BCUT2D eigenvalue weighted by molar-refractivity contribution is 7.15. The average Bonchev–Trinajstić information content (AvgIpc) is 3.34. The Morgan fingerprint density at radius 2 is 1.81 bits per heavy atom. The van der Waals surface area contributed by atoms with Crippen LogP contribution < -0.4 is 10.6 Å². The number of ether oxygens (including phenoxy) is 2. The molecule has 1 saturated carbocycles. The lowest BCUT2D eigenvalue weighted by Crippen LogP contribution is -2.53. The van der Waals surface area contributed by atoms with Gasteiger partial charge in [-0.1, -0.05) is 31.1 Å². The maximum atomic E-state index is 14.5. The summed E-state index contributed by atoms with van der Waals surface area (Å²) in [5.74, 6) is -3.20. The number of nitrogens with zero attached hydrogens (tertiary/aromatic N) is 3. The summed E-state index contributed by atoms with van der Waals surface area (Å²) in [5, 5.41) is 5.92. The SMILES string of the molecule is CC1CCC([C@H](NC(=O)OC(C)(C)C)C(=O)Nc2ncc(C(CN3C[C@H](C)O[C@@H](C)C3)N3CC(F)(F)CCC3=O)s2)CC1. The van der Waals surface area contributed by atoms with Crippen LogP contribution in [0.2, 0.25) is 0 Å². The molecule has 242 valence electrons. The van der Waals surface area contributed by atoms with Gasteiger partial charge in [0, 0.05) is 38.7 Å². The zero-order valence-corrected chi connectivity index (χ0v) is 27.0. The quantitative estimate of drug-likeness (QED) is 0.407. The summed E-state index contributed by atoms with van der Waals surface area (Å²) in [4.78, 5) is 47.6. The van der Waals surface area contributed by atoms with Gasteiger partial charge >= 0.3 is 6.09 Å². The summed E-state index contributed by atoms with van der Waals surface area (Å²) in [6.07, 6.45) is 3.65. The van der Waals surface area contributed by atoms with Crippen LogP contribution in [0.3, 0.4) is 0 Å². The molecule has 4 rings (SSSR count). The van der Waals surface area contributed by atoms with Crippen molar-refractivity contribution in [2.45, 2.75) is 116 Å². The minimum absolute atomic E-state index is 0.0311. The molecule has 10 nitrogen and oxygen atoms in total. The molecular weight excluding hydrogens is 580 g/mol. The van der Waals surface area contributed by atoms with Crippen molar-refractivity contribution in [2.75, 3.05) is 31.5 Å². The van der Waals surface area contributed by atoms with E-state index in [4.69, 9.17) is 9.47 Å². The Kier molecular flexibility index (Phi) is 10.7. The fraction of sp³-hybridized carbons (Fsp3) is 0.800. The molecule has 2 N–H and O–H groups in total.